The highest BCUT2D eigenvalue weighted by Gasteiger charge is 2.31. The fraction of sp³-hybridized carbons (Fsp3) is 0.933. The number of carbonyl (C=O) groups excluding carboxylic acids is 1. The Morgan fingerprint density at radius 1 is 1.16 bits per heavy atom. The van der Waals surface area contributed by atoms with E-state index in [9.17, 15) is 4.79 Å². The van der Waals surface area contributed by atoms with Gasteiger partial charge in [-0.1, -0.05) is 0 Å². The van der Waals surface area contributed by atoms with Crippen molar-refractivity contribution < 1.29 is 4.79 Å². The van der Waals surface area contributed by atoms with Crippen LogP contribution < -0.4 is 5.32 Å². The van der Waals surface area contributed by atoms with Gasteiger partial charge in [0.1, 0.15) is 0 Å². The standard InChI is InChI=1S/C15H29N3O/c1-12(2)16-15(19)13-5-4-8-18(11-13)14-6-9-17(3)10-7-14/h12-14H,4-11H2,1-3H3,(H,16,19)/t13-/m0/s1. The van der Waals surface area contributed by atoms with Gasteiger partial charge in [0, 0.05) is 18.6 Å². The van der Waals surface area contributed by atoms with Crippen LogP contribution >= 0.6 is 0 Å². The Kier molecular flexibility index (Phi) is 5.22. The molecule has 1 N–H and O–H groups in total. The summed E-state index contributed by atoms with van der Waals surface area (Å²) in [5.41, 5.74) is 0. The zero-order chi connectivity index (χ0) is 13.8. The second-order valence-electron chi connectivity index (χ2n) is 6.53. The zero-order valence-electron chi connectivity index (χ0n) is 12.7. The van der Waals surface area contributed by atoms with Gasteiger partial charge in [-0.25, -0.2) is 0 Å². The molecule has 2 fully saturated rings. The van der Waals surface area contributed by atoms with Crippen LogP contribution in [-0.2, 0) is 4.79 Å². The van der Waals surface area contributed by atoms with Gasteiger partial charge >= 0.3 is 0 Å². The molecule has 0 saturated carbocycles. The second kappa shape index (κ2) is 6.71. The Hall–Kier alpha value is -0.610. The first-order valence-electron chi connectivity index (χ1n) is 7.79. The molecule has 0 aromatic rings. The molecular formula is C15H29N3O. The van der Waals surface area contributed by atoms with Crippen LogP contribution in [0.1, 0.15) is 39.5 Å². The molecule has 0 spiro atoms. The molecule has 2 heterocycles. The summed E-state index contributed by atoms with van der Waals surface area (Å²) in [6.07, 6.45) is 4.74. The number of piperidine rings is 2. The number of amides is 1. The molecule has 0 unspecified atom stereocenters. The van der Waals surface area contributed by atoms with Crippen LogP contribution in [0.25, 0.3) is 0 Å². The van der Waals surface area contributed by atoms with E-state index in [4.69, 9.17) is 0 Å². The van der Waals surface area contributed by atoms with Crippen LogP contribution in [0.4, 0.5) is 0 Å². The Morgan fingerprint density at radius 3 is 2.47 bits per heavy atom. The Bertz CT molecular complexity index is 298. The van der Waals surface area contributed by atoms with E-state index in [1.165, 1.54) is 38.9 Å². The van der Waals surface area contributed by atoms with Gasteiger partial charge < -0.3 is 10.2 Å². The van der Waals surface area contributed by atoms with Crippen LogP contribution in [0.15, 0.2) is 0 Å². The Balaban J connectivity index is 1.84. The number of likely N-dealkylation sites (tertiary alicyclic amines) is 2. The average molecular weight is 267 g/mol. The van der Waals surface area contributed by atoms with Crippen LogP contribution in [-0.4, -0.2) is 61.0 Å². The van der Waals surface area contributed by atoms with Crippen molar-refractivity contribution in [2.24, 2.45) is 5.92 Å². The molecule has 4 nitrogen and oxygen atoms in total. The molecule has 4 heteroatoms. The minimum Gasteiger partial charge on any atom is -0.354 e. The molecule has 110 valence electrons. The quantitative estimate of drug-likeness (QED) is 0.837. The number of nitrogens with one attached hydrogen (secondary N) is 1. The van der Waals surface area contributed by atoms with E-state index in [-0.39, 0.29) is 17.9 Å². The molecule has 19 heavy (non-hydrogen) atoms. The lowest BCUT2D eigenvalue weighted by Crippen LogP contribution is -2.50. The summed E-state index contributed by atoms with van der Waals surface area (Å²) in [5, 5.41) is 3.07. The van der Waals surface area contributed by atoms with E-state index in [0.29, 0.717) is 6.04 Å². The molecule has 2 saturated heterocycles. The van der Waals surface area contributed by atoms with E-state index < -0.39 is 0 Å². The Morgan fingerprint density at radius 2 is 1.84 bits per heavy atom. The van der Waals surface area contributed by atoms with Crippen molar-refractivity contribution in [2.75, 3.05) is 33.2 Å². The number of nitrogens with zero attached hydrogens (tertiary/aromatic N) is 2. The summed E-state index contributed by atoms with van der Waals surface area (Å²) < 4.78 is 0. The molecular weight excluding hydrogens is 238 g/mol. The van der Waals surface area contributed by atoms with Crippen LogP contribution in [0.5, 0.6) is 0 Å². The van der Waals surface area contributed by atoms with Crippen molar-refractivity contribution in [3.8, 4) is 0 Å². The second-order valence-corrected chi connectivity index (χ2v) is 6.53. The predicted octanol–water partition coefficient (Wildman–Crippen LogP) is 1.32. The van der Waals surface area contributed by atoms with Gasteiger partial charge in [0.05, 0.1) is 5.92 Å². The number of rotatable bonds is 3. The van der Waals surface area contributed by atoms with Gasteiger partial charge in [0.2, 0.25) is 5.91 Å². The fourth-order valence-electron chi connectivity index (χ4n) is 3.31. The lowest BCUT2D eigenvalue weighted by molar-refractivity contribution is -0.127. The van der Waals surface area contributed by atoms with Gasteiger partial charge in [-0.05, 0) is 66.2 Å². The highest BCUT2D eigenvalue weighted by Crippen LogP contribution is 2.23. The van der Waals surface area contributed by atoms with Gasteiger partial charge in [-0.15, -0.1) is 0 Å². The predicted molar refractivity (Wildman–Crippen MR) is 78.1 cm³/mol. The molecule has 0 bridgehead atoms. The smallest absolute Gasteiger partial charge is 0.224 e. The minimum atomic E-state index is 0.204. The largest absolute Gasteiger partial charge is 0.354 e. The minimum absolute atomic E-state index is 0.204. The first-order chi connectivity index (χ1) is 9.06. The van der Waals surface area contributed by atoms with E-state index in [0.717, 1.165) is 13.0 Å². The summed E-state index contributed by atoms with van der Waals surface area (Å²) in [6.45, 7) is 8.62. The van der Waals surface area contributed by atoms with Crippen molar-refractivity contribution in [2.45, 2.75) is 51.6 Å². The van der Waals surface area contributed by atoms with Crippen molar-refractivity contribution in [1.29, 1.82) is 0 Å². The third-order valence-electron chi connectivity index (χ3n) is 4.46. The molecule has 1 amide bonds. The van der Waals surface area contributed by atoms with Gasteiger partial charge in [-0.3, -0.25) is 9.69 Å². The summed E-state index contributed by atoms with van der Waals surface area (Å²) in [6, 6.07) is 0.956. The Labute approximate surface area is 117 Å². The number of hydrogen-bond donors (Lipinski definition) is 1. The summed E-state index contributed by atoms with van der Waals surface area (Å²) in [7, 11) is 2.20. The first-order valence-corrected chi connectivity index (χ1v) is 7.79. The maximum absolute atomic E-state index is 12.1. The summed E-state index contributed by atoms with van der Waals surface area (Å²) in [5.74, 6) is 0.462. The SMILES string of the molecule is CC(C)NC(=O)[C@H]1CCCN(C2CCN(C)CC2)C1. The lowest BCUT2D eigenvalue weighted by Gasteiger charge is -2.41. The summed E-state index contributed by atoms with van der Waals surface area (Å²) >= 11 is 0. The molecule has 0 aliphatic carbocycles. The van der Waals surface area contributed by atoms with E-state index in [2.05, 4.69) is 22.2 Å². The molecule has 0 aromatic heterocycles. The highest BCUT2D eigenvalue weighted by atomic mass is 16.2. The van der Waals surface area contributed by atoms with Crippen LogP contribution in [0, 0.1) is 5.92 Å². The topological polar surface area (TPSA) is 35.6 Å². The highest BCUT2D eigenvalue weighted by molar-refractivity contribution is 5.79. The van der Waals surface area contributed by atoms with Crippen LogP contribution in [0.2, 0.25) is 0 Å². The lowest BCUT2D eigenvalue weighted by atomic mass is 9.93. The number of carbonyl (C=O) groups is 1. The van der Waals surface area contributed by atoms with Crippen molar-refractivity contribution >= 4 is 5.91 Å². The fourth-order valence-corrected chi connectivity index (χ4v) is 3.31. The first kappa shape index (κ1) is 14.8. The maximum Gasteiger partial charge on any atom is 0.224 e. The molecule has 2 aliphatic heterocycles. The molecule has 1 atom stereocenters. The third kappa shape index (κ3) is 4.18. The van der Waals surface area contributed by atoms with E-state index >= 15 is 0 Å². The van der Waals surface area contributed by atoms with E-state index in [1.807, 2.05) is 13.8 Å². The summed E-state index contributed by atoms with van der Waals surface area (Å²) in [4.78, 5) is 17.1. The van der Waals surface area contributed by atoms with Gasteiger partial charge in [-0.2, -0.15) is 0 Å². The van der Waals surface area contributed by atoms with Gasteiger partial charge in [0.25, 0.3) is 0 Å². The number of hydrogen-bond acceptors (Lipinski definition) is 3. The van der Waals surface area contributed by atoms with Crippen molar-refractivity contribution in [3.05, 3.63) is 0 Å². The molecule has 0 aromatic carbocycles. The maximum atomic E-state index is 12.1. The third-order valence-corrected chi connectivity index (χ3v) is 4.46. The molecule has 0 radical (unpaired) electrons. The average Bonchev–Trinajstić information content (AvgIpc) is 2.39. The zero-order valence-corrected chi connectivity index (χ0v) is 12.7. The van der Waals surface area contributed by atoms with Crippen molar-refractivity contribution in [3.63, 3.8) is 0 Å². The van der Waals surface area contributed by atoms with E-state index in [1.54, 1.807) is 0 Å². The van der Waals surface area contributed by atoms with Crippen molar-refractivity contribution in [1.82, 2.24) is 15.1 Å². The van der Waals surface area contributed by atoms with Gasteiger partial charge in [0.15, 0.2) is 0 Å². The molecule has 2 rings (SSSR count). The molecule has 2 aliphatic rings. The monoisotopic (exact) mass is 267 g/mol. The normalized spacial score (nSPS) is 27.7. The van der Waals surface area contributed by atoms with Crippen LogP contribution in [0.3, 0.4) is 0 Å².